The number of nitrogens with zero attached hydrogens (tertiary/aromatic N) is 1. The van der Waals surface area contributed by atoms with Crippen LogP contribution >= 0.6 is 11.6 Å². The number of primary amides is 1. The van der Waals surface area contributed by atoms with E-state index < -0.39 is 54.5 Å². The molecule has 2 atom stereocenters. The molecule has 0 saturated heterocycles. The molecular weight excluding hydrogens is 558 g/mol. The summed E-state index contributed by atoms with van der Waals surface area (Å²) in [5, 5.41) is 2.76. The van der Waals surface area contributed by atoms with Crippen LogP contribution in [-0.4, -0.2) is 42.4 Å². The first-order valence-electron chi connectivity index (χ1n) is 12.0. The van der Waals surface area contributed by atoms with Gasteiger partial charge in [-0.1, -0.05) is 17.7 Å². The summed E-state index contributed by atoms with van der Waals surface area (Å²) in [5.41, 5.74) is 5.31. The van der Waals surface area contributed by atoms with Crippen molar-refractivity contribution < 1.29 is 36.6 Å². The maximum atomic E-state index is 14.2. The maximum Gasteiger partial charge on any atom is 0.414 e. The van der Waals surface area contributed by atoms with E-state index in [9.17, 15) is 31.9 Å². The molecule has 2 heterocycles. The van der Waals surface area contributed by atoms with Crippen molar-refractivity contribution in [2.75, 3.05) is 19.0 Å². The molecule has 2 amide bonds. The number of benzene rings is 2. The number of aromatic nitrogens is 1. The van der Waals surface area contributed by atoms with Gasteiger partial charge in [0.1, 0.15) is 11.9 Å². The van der Waals surface area contributed by atoms with E-state index in [1.165, 1.54) is 43.6 Å². The third-order valence-electron chi connectivity index (χ3n) is 6.47. The number of carbonyl (C=O) groups excluding carboxylic acids is 2. The summed E-state index contributed by atoms with van der Waals surface area (Å²) in [6.07, 6.45) is -5.95. The Labute approximate surface area is 230 Å². The lowest BCUT2D eigenvalue weighted by atomic mass is 9.92. The first-order valence-corrected chi connectivity index (χ1v) is 12.4. The van der Waals surface area contributed by atoms with Crippen molar-refractivity contribution >= 4 is 29.1 Å². The molecule has 1 aromatic heterocycles. The second-order valence-electron chi connectivity index (χ2n) is 9.15. The molecule has 212 valence electrons. The van der Waals surface area contributed by atoms with E-state index in [0.29, 0.717) is 16.7 Å². The number of methoxy groups -OCH3 is 1. The van der Waals surface area contributed by atoms with E-state index in [-0.39, 0.29) is 34.9 Å². The summed E-state index contributed by atoms with van der Waals surface area (Å²) < 4.78 is 66.7. The Kier molecular flexibility index (Phi) is 8.62. The van der Waals surface area contributed by atoms with E-state index in [4.69, 9.17) is 26.8 Å². The molecule has 1 aliphatic rings. The van der Waals surface area contributed by atoms with Crippen molar-refractivity contribution in [2.45, 2.75) is 37.8 Å². The molecule has 1 aliphatic heterocycles. The minimum atomic E-state index is -4.65. The van der Waals surface area contributed by atoms with Crippen LogP contribution in [0.5, 0.6) is 0 Å². The molecular formula is C27H24ClF4N3O5. The Balaban J connectivity index is 1.76. The number of anilines is 1. The number of carbonyl (C=O) groups is 2. The van der Waals surface area contributed by atoms with Crippen molar-refractivity contribution in [1.82, 2.24) is 4.57 Å². The SMILES string of the molecule is COCC[C@@H](C(=O)Nc1ccc(C(N)=O)c(F)c1)n1cc2c(cc1=O)-c1cc(Cl)ccc1C[C@@H](C(F)(F)F)OC2. The van der Waals surface area contributed by atoms with Crippen LogP contribution in [0.4, 0.5) is 23.2 Å². The van der Waals surface area contributed by atoms with E-state index in [2.05, 4.69) is 5.32 Å². The quantitative estimate of drug-likeness (QED) is 0.395. The predicted octanol–water partition coefficient (Wildman–Crippen LogP) is 4.63. The Hall–Kier alpha value is -3.74. The molecule has 8 nitrogen and oxygen atoms in total. The fraction of sp³-hybridized carbons (Fsp3) is 0.296. The summed E-state index contributed by atoms with van der Waals surface area (Å²) >= 11 is 6.14. The molecule has 0 radical (unpaired) electrons. The normalized spacial score (nSPS) is 15.8. The van der Waals surface area contributed by atoms with Gasteiger partial charge in [-0.2, -0.15) is 13.2 Å². The van der Waals surface area contributed by atoms with Gasteiger partial charge in [0, 0.05) is 55.1 Å². The van der Waals surface area contributed by atoms with Crippen LogP contribution in [0.25, 0.3) is 11.1 Å². The molecule has 40 heavy (non-hydrogen) atoms. The number of halogens is 5. The summed E-state index contributed by atoms with van der Waals surface area (Å²) in [6, 6.07) is 7.70. The van der Waals surface area contributed by atoms with Gasteiger partial charge in [-0.15, -0.1) is 0 Å². The monoisotopic (exact) mass is 581 g/mol. The van der Waals surface area contributed by atoms with Crippen LogP contribution in [-0.2, 0) is 27.3 Å². The van der Waals surface area contributed by atoms with Crippen LogP contribution in [0.15, 0.2) is 53.5 Å². The van der Waals surface area contributed by atoms with Crippen LogP contribution in [0.3, 0.4) is 0 Å². The predicted molar refractivity (Wildman–Crippen MR) is 139 cm³/mol. The third kappa shape index (κ3) is 6.35. The standard InChI is InChI=1S/C27H24ClF4N3O5/c1-39-7-6-22(26(38)34-17-4-5-18(25(33)37)21(29)10-17)35-12-15-13-40-23(27(30,31)32)8-14-2-3-16(28)9-19(14)20(15)11-24(35)36/h2-5,9-12,22-23H,6-8,13H2,1H3,(H2,33,37)(H,34,38)/t22-,23-/m0/s1. The Bertz CT molecular complexity index is 1510. The number of amides is 2. The van der Waals surface area contributed by atoms with Crippen molar-refractivity contribution in [3.8, 4) is 11.1 Å². The van der Waals surface area contributed by atoms with Crippen molar-refractivity contribution in [2.24, 2.45) is 5.73 Å². The minimum absolute atomic E-state index is 0.00265. The van der Waals surface area contributed by atoms with E-state index in [1.54, 1.807) is 0 Å². The smallest absolute Gasteiger partial charge is 0.385 e. The van der Waals surface area contributed by atoms with Gasteiger partial charge >= 0.3 is 6.18 Å². The first-order chi connectivity index (χ1) is 18.9. The first kappa shape index (κ1) is 29.2. The van der Waals surface area contributed by atoms with E-state index in [1.807, 2.05) is 0 Å². The van der Waals surface area contributed by atoms with Crippen LogP contribution in [0.2, 0.25) is 5.02 Å². The zero-order chi connectivity index (χ0) is 29.2. The number of nitrogens with two attached hydrogens (primary N) is 1. The summed E-state index contributed by atoms with van der Waals surface area (Å²) in [5.74, 6) is -2.67. The lowest BCUT2D eigenvalue weighted by Gasteiger charge is -2.27. The minimum Gasteiger partial charge on any atom is -0.385 e. The van der Waals surface area contributed by atoms with Gasteiger partial charge < -0.3 is 25.1 Å². The van der Waals surface area contributed by atoms with Gasteiger partial charge in [-0.05, 0) is 47.0 Å². The largest absolute Gasteiger partial charge is 0.414 e. The van der Waals surface area contributed by atoms with Crippen molar-refractivity contribution in [1.29, 1.82) is 0 Å². The Morgan fingerprint density at radius 1 is 1.18 bits per heavy atom. The number of ether oxygens (including phenoxy) is 2. The molecule has 3 aromatic rings. The van der Waals surface area contributed by atoms with Crippen LogP contribution in [0, 0.1) is 5.82 Å². The average Bonchev–Trinajstić information content (AvgIpc) is 2.86. The fourth-order valence-corrected chi connectivity index (χ4v) is 4.65. The van der Waals surface area contributed by atoms with Gasteiger partial charge in [0.05, 0.1) is 12.2 Å². The number of hydrogen-bond acceptors (Lipinski definition) is 5. The van der Waals surface area contributed by atoms with Crippen molar-refractivity contribution in [3.05, 3.63) is 86.5 Å². The summed E-state index contributed by atoms with van der Waals surface area (Å²) in [7, 11) is 1.39. The molecule has 3 N–H and O–H groups in total. The second kappa shape index (κ2) is 11.8. The lowest BCUT2D eigenvalue weighted by Crippen LogP contribution is -2.36. The van der Waals surface area contributed by atoms with Gasteiger partial charge in [0.15, 0.2) is 6.10 Å². The molecule has 0 fully saturated rings. The van der Waals surface area contributed by atoms with Gasteiger partial charge in [-0.25, -0.2) is 4.39 Å². The molecule has 0 aliphatic carbocycles. The molecule has 2 aromatic carbocycles. The maximum absolute atomic E-state index is 14.2. The molecule has 0 bridgehead atoms. The molecule has 4 rings (SSSR count). The fourth-order valence-electron chi connectivity index (χ4n) is 4.48. The Morgan fingerprint density at radius 3 is 2.55 bits per heavy atom. The van der Waals surface area contributed by atoms with E-state index >= 15 is 0 Å². The zero-order valence-corrected chi connectivity index (χ0v) is 21.8. The van der Waals surface area contributed by atoms with Crippen LogP contribution in [0.1, 0.15) is 33.9 Å². The molecule has 0 saturated carbocycles. The van der Waals surface area contributed by atoms with Gasteiger partial charge in [0.25, 0.3) is 11.5 Å². The third-order valence-corrected chi connectivity index (χ3v) is 6.71. The number of nitrogens with one attached hydrogen (secondary N) is 1. The topological polar surface area (TPSA) is 113 Å². The zero-order valence-electron chi connectivity index (χ0n) is 21.1. The van der Waals surface area contributed by atoms with Crippen molar-refractivity contribution in [3.63, 3.8) is 0 Å². The lowest BCUT2D eigenvalue weighted by molar-refractivity contribution is -0.223. The Morgan fingerprint density at radius 2 is 1.90 bits per heavy atom. The van der Waals surface area contributed by atoms with Gasteiger partial charge in [0.2, 0.25) is 5.91 Å². The number of pyridine rings is 1. The van der Waals surface area contributed by atoms with E-state index in [0.717, 1.165) is 16.7 Å². The number of fused-ring (bicyclic) bond motifs is 3. The number of hydrogen-bond donors (Lipinski definition) is 2. The highest BCUT2D eigenvalue weighted by Gasteiger charge is 2.42. The summed E-state index contributed by atoms with van der Waals surface area (Å²) in [6.45, 7) is -0.453. The highest BCUT2D eigenvalue weighted by molar-refractivity contribution is 6.30. The average molecular weight is 582 g/mol. The van der Waals surface area contributed by atoms with Crippen LogP contribution < -0.4 is 16.6 Å². The highest BCUT2D eigenvalue weighted by Crippen LogP contribution is 2.36. The molecule has 0 spiro atoms. The second-order valence-corrected chi connectivity index (χ2v) is 9.59. The molecule has 13 heteroatoms. The number of rotatable bonds is 7. The highest BCUT2D eigenvalue weighted by atomic mass is 35.5. The number of alkyl halides is 3. The molecule has 0 unspecified atom stereocenters. The van der Waals surface area contributed by atoms with Gasteiger partial charge in [-0.3, -0.25) is 14.4 Å². The summed E-state index contributed by atoms with van der Waals surface area (Å²) in [4.78, 5) is 37.9.